The minimum absolute atomic E-state index is 0.0501. The SMILES string of the molecule is CCC1(C(=O)NC2=NC(=Cc3[nH]c(NC(C)=O)c(COOC4C(C)CC(C)CC4C)c3C)C(C)=C2C(=O)OC2C(C)CC(C)CC2C)SCCC1S(=O)(=O)O. The first kappa shape index (κ1) is 43.1. The van der Waals surface area contributed by atoms with Crippen LogP contribution in [0.5, 0.6) is 0 Å². The number of aliphatic imine (C=N–C) groups is 1. The van der Waals surface area contributed by atoms with E-state index in [1.54, 1.807) is 19.9 Å². The molecule has 306 valence electrons. The highest BCUT2D eigenvalue weighted by molar-refractivity contribution is 8.03. The van der Waals surface area contributed by atoms with Crippen molar-refractivity contribution in [1.29, 1.82) is 0 Å². The van der Waals surface area contributed by atoms with Crippen molar-refractivity contribution in [3.8, 4) is 0 Å². The van der Waals surface area contributed by atoms with Crippen LogP contribution in [0.1, 0.15) is 118 Å². The molecule has 3 heterocycles. The number of aromatic amines is 1. The van der Waals surface area contributed by atoms with Gasteiger partial charge in [0, 0.05) is 18.2 Å². The van der Waals surface area contributed by atoms with E-state index in [4.69, 9.17) is 19.5 Å². The van der Waals surface area contributed by atoms with Crippen LogP contribution >= 0.6 is 11.8 Å². The molecule has 2 amide bonds. The second-order valence-electron chi connectivity index (χ2n) is 16.8. The maximum atomic E-state index is 14.2. The van der Waals surface area contributed by atoms with E-state index in [-0.39, 0.29) is 60.8 Å². The Labute approximate surface area is 330 Å². The normalized spacial score (nSPS) is 33.5. The van der Waals surface area contributed by atoms with E-state index in [2.05, 4.69) is 57.2 Å². The van der Waals surface area contributed by atoms with Crippen LogP contribution in [-0.4, -0.2) is 69.5 Å². The molecule has 5 rings (SSSR count). The Bertz CT molecular complexity index is 1830. The van der Waals surface area contributed by atoms with Crippen LogP contribution in [-0.2, 0) is 45.6 Å². The number of amides is 2. The minimum atomic E-state index is -4.56. The van der Waals surface area contributed by atoms with Gasteiger partial charge in [0.1, 0.15) is 39.9 Å². The molecule has 4 N–H and O–H groups in total. The molecule has 0 spiro atoms. The number of ether oxygens (including phenoxy) is 1. The number of allylic oxidation sites excluding steroid dienone is 1. The van der Waals surface area contributed by atoms with Crippen LogP contribution in [0, 0.1) is 42.4 Å². The molecular formula is C40H60N4O9S2. The van der Waals surface area contributed by atoms with Gasteiger partial charge in [-0.25, -0.2) is 19.6 Å². The zero-order valence-corrected chi connectivity index (χ0v) is 35.5. The van der Waals surface area contributed by atoms with Gasteiger partial charge in [-0.2, -0.15) is 8.42 Å². The van der Waals surface area contributed by atoms with Crippen molar-refractivity contribution < 1.29 is 41.9 Å². The second kappa shape index (κ2) is 17.3. The van der Waals surface area contributed by atoms with Gasteiger partial charge in [-0.3, -0.25) is 14.1 Å². The molecular weight excluding hydrogens is 745 g/mol. The maximum Gasteiger partial charge on any atom is 0.342 e. The number of nitrogens with one attached hydrogen (secondary N) is 3. The Hall–Kier alpha value is -2.98. The standard InChI is InChI=1S/C40H60N4O9S2/c1-11-40(32(12-13-54-40)55(48,49)50)39(47)44-37-33(38(46)52-34-22(4)14-20(2)15-23(34)5)27(9)31(43-37)18-30-26(8)29(36(42-30)41-28(10)45)19-51-53-35-24(6)16-21(3)17-25(35)7/h18,20-25,32,34-35,42H,11-17,19H2,1-10H3,(H,41,45)(H,43,44,47)(H,48,49,50). The minimum Gasteiger partial charge on any atom is -0.458 e. The molecule has 2 aliphatic heterocycles. The first-order chi connectivity index (χ1) is 25.8. The van der Waals surface area contributed by atoms with Gasteiger partial charge in [0.05, 0.1) is 11.8 Å². The molecule has 1 saturated heterocycles. The molecule has 6 unspecified atom stereocenters. The number of hydrogen-bond donors (Lipinski definition) is 4. The second-order valence-corrected chi connectivity index (χ2v) is 19.8. The van der Waals surface area contributed by atoms with Crippen molar-refractivity contribution in [1.82, 2.24) is 10.3 Å². The number of carbonyl (C=O) groups excluding carboxylic acids is 3. The summed E-state index contributed by atoms with van der Waals surface area (Å²) in [5, 5.41) is 4.33. The van der Waals surface area contributed by atoms with E-state index in [9.17, 15) is 27.4 Å². The topological polar surface area (TPSA) is 185 Å². The summed E-state index contributed by atoms with van der Waals surface area (Å²) in [4.78, 5) is 60.4. The summed E-state index contributed by atoms with van der Waals surface area (Å²) in [7, 11) is -4.56. The van der Waals surface area contributed by atoms with E-state index < -0.39 is 32.0 Å². The smallest absolute Gasteiger partial charge is 0.342 e. The van der Waals surface area contributed by atoms with Crippen LogP contribution < -0.4 is 10.6 Å². The van der Waals surface area contributed by atoms with Gasteiger partial charge in [-0.05, 0) is 111 Å². The molecule has 15 heteroatoms. The fourth-order valence-corrected chi connectivity index (χ4v) is 12.9. The predicted molar refractivity (Wildman–Crippen MR) is 215 cm³/mol. The van der Waals surface area contributed by atoms with Crippen molar-refractivity contribution >= 4 is 57.4 Å². The number of esters is 1. The van der Waals surface area contributed by atoms with Crippen molar-refractivity contribution in [2.24, 2.45) is 40.5 Å². The van der Waals surface area contributed by atoms with E-state index in [0.717, 1.165) is 31.2 Å². The Kier molecular flexibility index (Phi) is 13.5. The summed E-state index contributed by atoms with van der Waals surface area (Å²) in [6.07, 6.45) is 5.50. The Morgan fingerprint density at radius 1 is 0.964 bits per heavy atom. The summed E-state index contributed by atoms with van der Waals surface area (Å²) in [6, 6.07) is 0. The molecule has 1 aromatic heterocycles. The molecule has 4 aliphatic rings. The van der Waals surface area contributed by atoms with Crippen LogP contribution in [0.3, 0.4) is 0 Å². The van der Waals surface area contributed by atoms with Gasteiger partial charge in [0.2, 0.25) is 11.8 Å². The number of aromatic nitrogens is 1. The molecule has 0 bridgehead atoms. The van der Waals surface area contributed by atoms with Crippen molar-refractivity contribution in [3.63, 3.8) is 0 Å². The van der Waals surface area contributed by atoms with Gasteiger partial charge < -0.3 is 20.4 Å². The van der Waals surface area contributed by atoms with E-state index in [1.165, 1.54) is 18.7 Å². The third-order valence-corrected chi connectivity index (χ3v) is 15.4. The third-order valence-electron chi connectivity index (χ3n) is 12.2. The number of carbonyl (C=O) groups is 3. The molecule has 2 aliphatic carbocycles. The first-order valence-corrected chi connectivity index (χ1v) is 22.2. The monoisotopic (exact) mass is 804 g/mol. The van der Waals surface area contributed by atoms with Gasteiger partial charge in [0.25, 0.3) is 10.1 Å². The highest BCUT2D eigenvalue weighted by atomic mass is 32.2. The highest BCUT2D eigenvalue weighted by Gasteiger charge is 2.55. The van der Waals surface area contributed by atoms with Crippen LogP contribution in [0.2, 0.25) is 0 Å². The Balaban J connectivity index is 1.49. The first-order valence-electron chi connectivity index (χ1n) is 19.7. The quantitative estimate of drug-likeness (QED) is 0.0776. The highest BCUT2D eigenvalue weighted by Crippen LogP contribution is 2.45. The summed E-state index contributed by atoms with van der Waals surface area (Å²) in [6.45, 7) is 19.7. The summed E-state index contributed by atoms with van der Waals surface area (Å²) in [5.41, 5.74) is 2.90. The third kappa shape index (κ3) is 9.27. The zero-order chi connectivity index (χ0) is 40.6. The fourth-order valence-electron chi connectivity index (χ4n) is 9.59. The number of nitrogens with zero attached hydrogens (tertiary/aromatic N) is 1. The van der Waals surface area contributed by atoms with Gasteiger partial charge >= 0.3 is 5.97 Å². The Morgan fingerprint density at radius 2 is 1.55 bits per heavy atom. The summed E-state index contributed by atoms with van der Waals surface area (Å²) < 4.78 is 39.7. The summed E-state index contributed by atoms with van der Waals surface area (Å²) in [5.74, 6) is 1.19. The lowest BCUT2D eigenvalue weighted by atomic mass is 9.75. The van der Waals surface area contributed by atoms with Crippen LogP contribution in [0.25, 0.3) is 6.08 Å². The van der Waals surface area contributed by atoms with E-state index in [1.807, 2.05) is 6.92 Å². The number of rotatable bonds is 11. The largest absolute Gasteiger partial charge is 0.458 e. The zero-order valence-electron chi connectivity index (χ0n) is 33.9. The number of thioether (sulfide) groups is 1. The maximum absolute atomic E-state index is 14.2. The van der Waals surface area contributed by atoms with Gasteiger partial charge in [-0.15, -0.1) is 11.8 Å². The van der Waals surface area contributed by atoms with Crippen molar-refractivity contribution in [2.75, 3.05) is 11.1 Å². The number of anilines is 1. The number of amidine groups is 1. The lowest BCUT2D eigenvalue weighted by molar-refractivity contribution is -0.354. The van der Waals surface area contributed by atoms with Crippen molar-refractivity contribution in [2.45, 2.75) is 137 Å². The fraction of sp³-hybridized carbons (Fsp3) is 0.700. The molecule has 2 saturated carbocycles. The Morgan fingerprint density at radius 3 is 2.09 bits per heavy atom. The molecule has 0 radical (unpaired) electrons. The molecule has 1 aromatic rings. The van der Waals surface area contributed by atoms with Gasteiger partial charge in [0.15, 0.2) is 0 Å². The number of hydrogen-bond acceptors (Lipinski definition) is 10. The summed E-state index contributed by atoms with van der Waals surface area (Å²) >= 11 is 1.17. The van der Waals surface area contributed by atoms with Gasteiger partial charge in [-0.1, -0.05) is 48.5 Å². The molecule has 13 nitrogen and oxygen atoms in total. The van der Waals surface area contributed by atoms with Crippen LogP contribution in [0.4, 0.5) is 5.82 Å². The average Bonchev–Trinajstić information content (AvgIpc) is 3.74. The number of H-pyrrole nitrogens is 1. The van der Waals surface area contributed by atoms with E-state index in [0.29, 0.717) is 57.8 Å². The predicted octanol–water partition coefficient (Wildman–Crippen LogP) is 7.14. The molecule has 0 aromatic carbocycles. The lowest BCUT2D eigenvalue weighted by Gasteiger charge is -2.37. The van der Waals surface area contributed by atoms with E-state index >= 15 is 0 Å². The lowest BCUT2D eigenvalue weighted by Crippen LogP contribution is -2.54. The van der Waals surface area contributed by atoms with Crippen LogP contribution in [0.15, 0.2) is 21.8 Å². The van der Waals surface area contributed by atoms with Crippen molar-refractivity contribution in [3.05, 3.63) is 33.7 Å². The molecule has 6 atom stereocenters. The molecule has 55 heavy (non-hydrogen) atoms. The average molecular weight is 805 g/mol. The molecule has 3 fully saturated rings.